The molecule has 2 rings (SSSR count). The van der Waals surface area contributed by atoms with Crippen molar-refractivity contribution in [2.75, 3.05) is 0 Å². The molecule has 0 saturated carbocycles. The molecule has 2 aromatic carbocycles. The van der Waals surface area contributed by atoms with E-state index < -0.39 is 26.8 Å². The number of carbonyl (C=O) groups excluding carboxylic acids is 1. The summed E-state index contributed by atoms with van der Waals surface area (Å²) in [6.07, 6.45) is 0. The number of azo groups is 1. The Morgan fingerprint density at radius 3 is 2.17 bits per heavy atom. The number of aromatic hydroxyl groups is 1. The van der Waals surface area contributed by atoms with E-state index in [2.05, 4.69) is 10.2 Å². The monoisotopic (exact) mass is 353 g/mol. The molecule has 0 saturated heterocycles. The molecule has 23 heavy (non-hydrogen) atoms. The second-order valence-electron chi connectivity index (χ2n) is 3.78. The third-order valence-corrected chi connectivity index (χ3v) is 3.36. The first-order chi connectivity index (χ1) is 9.30. The fraction of sp³-hybridized carbons (Fsp3) is 0. The van der Waals surface area contributed by atoms with Crippen LogP contribution in [-0.2, 0) is 10.1 Å². The maximum atomic E-state index is 11.2. The minimum Gasteiger partial charge on any atom is -0.744 e. The number of amides is 2. The van der Waals surface area contributed by atoms with E-state index in [0.717, 1.165) is 6.07 Å². The molecular weight excluding hydrogens is 341 g/mol. The number of phenolic OH excluding ortho intramolecular Hbond substituents is 1. The van der Waals surface area contributed by atoms with Crippen molar-refractivity contribution in [1.29, 1.82) is 0 Å². The molecule has 2 aromatic rings. The summed E-state index contributed by atoms with van der Waals surface area (Å²) in [7, 11) is -4.79. The molecular formula is C11H12N3NaO7S. The van der Waals surface area contributed by atoms with Crippen LogP contribution in [0, 0.1) is 0 Å². The van der Waals surface area contributed by atoms with Crippen LogP contribution in [0.4, 0.5) is 10.5 Å². The molecule has 0 aliphatic rings. The number of benzene rings is 2. The van der Waals surface area contributed by atoms with E-state index >= 15 is 0 Å². The molecule has 0 aliphatic carbocycles. The second-order valence-corrected chi connectivity index (χ2v) is 5.13. The van der Waals surface area contributed by atoms with Crippen LogP contribution in [0.3, 0.4) is 0 Å². The van der Waals surface area contributed by atoms with Gasteiger partial charge in [-0.05, 0) is 6.07 Å². The Kier molecular flexibility index (Phi) is 9.14. The molecule has 0 atom stereocenters. The Morgan fingerprint density at radius 2 is 1.70 bits per heavy atom. The minimum atomic E-state index is -4.79. The summed E-state index contributed by atoms with van der Waals surface area (Å²) in [4.78, 5) is 9.96. The SMILES string of the molecule is NC(=O)N=Nc1cc(S(=O)(=O)[O-])c2ccccc2c1O.O.O.[Na+]. The van der Waals surface area contributed by atoms with E-state index in [9.17, 15) is 22.9 Å². The van der Waals surface area contributed by atoms with Gasteiger partial charge in [0.1, 0.15) is 15.8 Å². The summed E-state index contributed by atoms with van der Waals surface area (Å²) >= 11 is 0. The molecule has 0 aliphatic heterocycles. The van der Waals surface area contributed by atoms with Crippen molar-refractivity contribution in [3.8, 4) is 5.75 Å². The van der Waals surface area contributed by atoms with Crippen molar-refractivity contribution in [1.82, 2.24) is 0 Å². The molecule has 10 nitrogen and oxygen atoms in total. The number of nitrogens with two attached hydrogens (primary N) is 1. The van der Waals surface area contributed by atoms with Gasteiger partial charge in [-0.3, -0.25) is 0 Å². The fourth-order valence-corrected chi connectivity index (χ4v) is 2.40. The molecule has 12 heteroatoms. The number of nitrogens with zero attached hydrogens (tertiary/aromatic N) is 2. The Balaban J connectivity index is 0. The Morgan fingerprint density at radius 1 is 1.17 bits per heavy atom. The number of hydrogen-bond donors (Lipinski definition) is 2. The summed E-state index contributed by atoms with van der Waals surface area (Å²) in [5.41, 5.74) is 4.43. The number of carbonyl (C=O) groups is 1. The second kappa shape index (κ2) is 8.88. The number of phenols is 1. The fourth-order valence-electron chi connectivity index (χ4n) is 1.70. The van der Waals surface area contributed by atoms with Crippen LogP contribution in [0.5, 0.6) is 5.75 Å². The van der Waals surface area contributed by atoms with Crippen LogP contribution in [0.1, 0.15) is 0 Å². The maximum Gasteiger partial charge on any atom is 1.00 e. The molecule has 2 amide bonds. The van der Waals surface area contributed by atoms with E-state index in [4.69, 9.17) is 5.73 Å². The largest absolute Gasteiger partial charge is 1.00 e. The average molecular weight is 353 g/mol. The summed E-state index contributed by atoms with van der Waals surface area (Å²) in [5.74, 6) is -0.405. The van der Waals surface area contributed by atoms with Crippen molar-refractivity contribution < 1.29 is 63.4 Å². The van der Waals surface area contributed by atoms with E-state index in [0.29, 0.717) is 0 Å². The first-order valence-corrected chi connectivity index (χ1v) is 6.63. The molecule has 0 radical (unpaired) electrons. The van der Waals surface area contributed by atoms with Gasteiger partial charge in [0.2, 0.25) is 0 Å². The number of urea groups is 1. The van der Waals surface area contributed by atoms with Crippen LogP contribution < -0.4 is 35.3 Å². The van der Waals surface area contributed by atoms with Gasteiger partial charge in [-0.2, -0.15) is 0 Å². The Labute approximate surface area is 152 Å². The molecule has 7 N–H and O–H groups in total. The van der Waals surface area contributed by atoms with Crippen LogP contribution in [0.15, 0.2) is 45.5 Å². The van der Waals surface area contributed by atoms with Gasteiger partial charge in [0, 0.05) is 10.8 Å². The standard InChI is InChI=1S/C11H9N3O5S.Na.2H2O/c12-11(16)14-13-8-5-9(20(17,18)19)6-3-1-2-4-7(6)10(8)15;;;/h1-5,15H,(H2,12,16)(H,17,18,19);;2*1H2/q;+1;;/p-1. The molecule has 120 valence electrons. The topological polar surface area (TPSA) is 208 Å². The number of hydrogen-bond acceptors (Lipinski definition) is 6. The van der Waals surface area contributed by atoms with Crippen LogP contribution in [-0.4, -0.2) is 35.1 Å². The van der Waals surface area contributed by atoms with Crippen molar-refractivity contribution in [3.63, 3.8) is 0 Å². The number of primary amides is 1. The van der Waals surface area contributed by atoms with Gasteiger partial charge in [-0.1, -0.05) is 29.4 Å². The summed E-state index contributed by atoms with van der Waals surface area (Å²) < 4.78 is 33.7. The van der Waals surface area contributed by atoms with Gasteiger partial charge in [-0.25, -0.2) is 13.2 Å². The van der Waals surface area contributed by atoms with Crippen molar-refractivity contribution in [2.45, 2.75) is 4.90 Å². The molecule has 0 spiro atoms. The molecule has 0 unspecified atom stereocenters. The van der Waals surface area contributed by atoms with Gasteiger partial charge in [0.25, 0.3) is 0 Å². The predicted octanol–water partition coefficient (Wildman–Crippen LogP) is -3.03. The molecule has 0 heterocycles. The van der Waals surface area contributed by atoms with Gasteiger partial charge < -0.3 is 26.3 Å². The quantitative estimate of drug-likeness (QED) is 0.327. The Bertz CT molecular complexity index is 839. The van der Waals surface area contributed by atoms with E-state index in [1.165, 1.54) is 24.3 Å². The van der Waals surface area contributed by atoms with Crippen molar-refractivity contribution in [2.24, 2.45) is 16.0 Å². The van der Waals surface area contributed by atoms with Gasteiger partial charge in [-0.15, -0.1) is 5.11 Å². The summed E-state index contributed by atoms with van der Waals surface area (Å²) in [6.45, 7) is 0. The van der Waals surface area contributed by atoms with Crippen LogP contribution in [0.25, 0.3) is 10.8 Å². The Hall–Kier alpha value is -1.60. The molecule has 0 bridgehead atoms. The maximum absolute atomic E-state index is 11.2. The predicted molar refractivity (Wildman–Crippen MR) is 74.9 cm³/mol. The molecule has 0 aromatic heterocycles. The normalized spacial score (nSPS) is 10.5. The summed E-state index contributed by atoms with van der Waals surface area (Å²) in [6, 6.07) is 5.55. The smallest absolute Gasteiger partial charge is 0.744 e. The van der Waals surface area contributed by atoms with E-state index in [1.807, 2.05) is 0 Å². The zero-order valence-corrected chi connectivity index (χ0v) is 14.7. The third kappa shape index (κ3) is 5.21. The zero-order chi connectivity index (χ0) is 14.9. The van der Waals surface area contributed by atoms with Gasteiger partial charge >= 0.3 is 35.6 Å². The number of fused-ring (bicyclic) bond motifs is 1. The van der Waals surface area contributed by atoms with Crippen LogP contribution in [0.2, 0.25) is 0 Å². The van der Waals surface area contributed by atoms with Crippen molar-refractivity contribution in [3.05, 3.63) is 30.3 Å². The van der Waals surface area contributed by atoms with E-state index in [-0.39, 0.29) is 57.0 Å². The average Bonchev–Trinajstić information content (AvgIpc) is 2.36. The van der Waals surface area contributed by atoms with Crippen LogP contribution >= 0.6 is 0 Å². The first-order valence-electron chi connectivity index (χ1n) is 5.22. The summed E-state index contributed by atoms with van der Waals surface area (Å²) in [5, 5.41) is 16.4. The first kappa shape index (κ1) is 23.7. The minimum absolute atomic E-state index is 0. The third-order valence-electron chi connectivity index (χ3n) is 2.48. The zero-order valence-electron chi connectivity index (χ0n) is 11.8. The van der Waals surface area contributed by atoms with Gasteiger partial charge in [0.05, 0.1) is 4.90 Å². The van der Waals surface area contributed by atoms with Gasteiger partial charge in [0.15, 0.2) is 5.75 Å². The molecule has 0 fully saturated rings. The number of rotatable bonds is 2. The van der Waals surface area contributed by atoms with Crippen molar-refractivity contribution >= 4 is 32.6 Å². The van der Waals surface area contributed by atoms with E-state index in [1.54, 1.807) is 0 Å².